The standard InChI is InChI=1S/C12H21NOS/c14-15-9-6-12(7-10-15)13-8-5-11-3-1-2-4-11/h3,12-13H,1-2,4-10H2. The van der Waals surface area contributed by atoms with Crippen LogP contribution in [-0.4, -0.2) is 28.3 Å². The van der Waals surface area contributed by atoms with Gasteiger partial charge in [0.15, 0.2) is 0 Å². The van der Waals surface area contributed by atoms with Gasteiger partial charge < -0.3 is 5.32 Å². The number of hydrogen-bond donors (Lipinski definition) is 1. The molecule has 0 unspecified atom stereocenters. The van der Waals surface area contributed by atoms with E-state index in [4.69, 9.17) is 0 Å². The summed E-state index contributed by atoms with van der Waals surface area (Å²) in [5.41, 5.74) is 1.64. The van der Waals surface area contributed by atoms with Gasteiger partial charge in [-0.3, -0.25) is 4.21 Å². The molecule has 1 saturated heterocycles. The first-order valence-corrected chi connectivity index (χ1v) is 7.59. The minimum atomic E-state index is -0.520. The number of nitrogens with one attached hydrogen (secondary N) is 1. The van der Waals surface area contributed by atoms with Gasteiger partial charge in [0, 0.05) is 28.3 Å². The van der Waals surface area contributed by atoms with Crippen LogP contribution in [0.5, 0.6) is 0 Å². The first-order chi connectivity index (χ1) is 7.34. The molecule has 0 bridgehead atoms. The molecule has 0 aromatic heterocycles. The molecule has 15 heavy (non-hydrogen) atoms. The fourth-order valence-corrected chi connectivity index (χ4v) is 3.70. The fourth-order valence-electron chi connectivity index (χ4n) is 2.40. The lowest BCUT2D eigenvalue weighted by molar-refractivity contribution is 0.478. The molecule has 0 amide bonds. The molecule has 0 spiro atoms. The van der Waals surface area contributed by atoms with Crippen LogP contribution in [0.3, 0.4) is 0 Å². The van der Waals surface area contributed by atoms with Crippen molar-refractivity contribution in [2.24, 2.45) is 0 Å². The van der Waals surface area contributed by atoms with Crippen LogP contribution in [0.4, 0.5) is 0 Å². The van der Waals surface area contributed by atoms with Gasteiger partial charge in [0.2, 0.25) is 0 Å². The maximum absolute atomic E-state index is 11.2. The van der Waals surface area contributed by atoms with Crippen molar-refractivity contribution in [3.05, 3.63) is 11.6 Å². The van der Waals surface area contributed by atoms with Gasteiger partial charge in [0.25, 0.3) is 0 Å². The van der Waals surface area contributed by atoms with E-state index in [0.29, 0.717) is 6.04 Å². The van der Waals surface area contributed by atoms with Crippen LogP contribution in [0, 0.1) is 0 Å². The van der Waals surface area contributed by atoms with Gasteiger partial charge in [-0.2, -0.15) is 0 Å². The van der Waals surface area contributed by atoms with Crippen LogP contribution in [0.1, 0.15) is 38.5 Å². The second-order valence-corrected chi connectivity index (χ2v) is 6.28. The van der Waals surface area contributed by atoms with Crippen molar-refractivity contribution in [3.63, 3.8) is 0 Å². The van der Waals surface area contributed by atoms with E-state index in [2.05, 4.69) is 11.4 Å². The van der Waals surface area contributed by atoms with E-state index in [1.165, 1.54) is 25.7 Å². The average molecular weight is 227 g/mol. The predicted molar refractivity (Wildman–Crippen MR) is 65.5 cm³/mol. The molecular weight excluding hydrogens is 206 g/mol. The van der Waals surface area contributed by atoms with E-state index in [1.807, 2.05) is 0 Å². The largest absolute Gasteiger partial charge is 0.314 e. The normalized spacial score (nSPS) is 31.6. The van der Waals surface area contributed by atoms with Crippen LogP contribution in [-0.2, 0) is 10.8 Å². The minimum Gasteiger partial charge on any atom is -0.314 e. The summed E-state index contributed by atoms with van der Waals surface area (Å²) in [4.78, 5) is 0. The number of allylic oxidation sites excluding steroid dienone is 1. The monoisotopic (exact) mass is 227 g/mol. The van der Waals surface area contributed by atoms with Gasteiger partial charge in [-0.25, -0.2) is 0 Å². The highest BCUT2D eigenvalue weighted by Crippen LogP contribution is 2.20. The Hall–Kier alpha value is -0.150. The van der Waals surface area contributed by atoms with Crippen molar-refractivity contribution in [2.75, 3.05) is 18.1 Å². The number of rotatable bonds is 4. The van der Waals surface area contributed by atoms with Gasteiger partial charge in [0.05, 0.1) is 0 Å². The quantitative estimate of drug-likeness (QED) is 0.744. The summed E-state index contributed by atoms with van der Waals surface area (Å²) in [6, 6.07) is 0.629. The second kappa shape index (κ2) is 5.80. The summed E-state index contributed by atoms with van der Waals surface area (Å²) in [6.07, 6.45) is 9.79. The Bertz CT molecular complexity index is 252. The third kappa shape index (κ3) is 3.72. The van der Waals surface area contributed by atoms with Crippen LogP contribution in [0.25, 0.3) is 0 Å². The van der Waals surface area contributed by atoms with Gasteiger partial charge in [-0.05, 0) is 45.1 Å². The first-order valence-electron chi connectivity index (χ1n) is 6.11. The van der Waals surface area contributed by atoms with Crippen LogP contribution in [0.15, 0.2) is 11.6 Å². The highest BCUT2D eigenvalue weighted by Gasteiger charge is 2.16. The SMILES string of the molecule is O=S1CCC(NCCC2=CCCC2)CC1. The number of hydrogen-bond acceptors (Lipinski definition) is 2. The molecule has 1 fully saturated rings. The summed E-state index contributed by atoms with van der Waals surface area (Å²) in [6.45, 7) is 1.11. The van der Waals surface area contributed by atoms with E-state index in [1.54, 1.807) is 5.57 Å². The second-order valence-electron chi connectivity index (χ2n) is 4.58. The van der Waals surface area contributed by atoms with Crippen molar-refractivity contribution in [3.8, 4) is 0 Å². The summed E-state index contributed by atoms with van der Waals surface area (Å²) >= 11 is 0. The highest BCUT2D eigenvalue weighted by atomic mass is 32.2. The average Bonchev–Trinajstić information content (AvgIpc) is 2.74. The third-order valence-corrected chi connectivity index (χ3v) is 4.78. The van der Waals surface area contributed by atoms with E-state index < -0.39 is 10.8 Å². The van der Waals surface area contributed by atoms with Crippen LogP contribution in [0.2, 0.25) is 0 Å². The molecule has 0 aromatic carbocycles. The molecule has 0 atom stereocenters. The molecule has 0 saturated carbocycles. The minimum absolute atomic E-state index is 0.520. The Labute approximate surface area is 95.0 Å². The zero-order valence-corrected chi connectivity index (χ0v) is 10.2. The van der Waals surface area contributed by atoms with Gasteiger partial charge in [-0.1, -0.05) is 11.6 Å². The third-order valence-electron chi connectivity index (χ3n) is 3.40. The van der Waals surface area contributed by atoms with E-state index >= 15 is 0 Å². The summed E-state index contributed by atoms with van der Waals surface area (Å²) in [5, 5.41) is 3.59. The zero-order valence-electron chi connectivity index (χ0n) is 9.34. The lowest BCUT2D eigenvalue weighted by Crippen LogP contribution is -2.36. The van der Waals surface area contributed by atoms with E-state index in [9.17, 15) is 4.21 Å². The molecule has 1 aliphatic heterocycles. The lowest BCUT2D eigenvalue weighted by Gasteiger charge is -2.22. The zero-order chi connectivity index (χ0) is 10.5. The Morgan fingerprint density at radius 1 is 1.40 bits per heavy atom. The molecule has 2 nitrogen and oxygen atoms in total. The van der Waals surface area contributed by atoms with Crippen LogP contribution >= 0.6 is 0 Å². The lowest BCUT2D eigenvalue weighted by atomic mass is 10.1. The molecule has 1 heterocycles. The van der Waals surface area contributed by atoms with Gasteiger partial charge in [-0.15, -0.1) is 0 Å². The molecular formula is C12H21NOS. The van der Waals surface area contributed by atoms with Crippen molar-refractivity contribution in [1.29, 1.82) is 0 Å². The van der Waals surface area contributed by atoms with Crippen molar-refractivity contribution >= 4 is 10.8 Å². The van der Waals surface area contributed by atoms with E-state index in [-0.39, 0.29) is 0 Å². The smallest absolute Gasteiger partial charge is 0.0249 e. The van der Waals surface area contributed by atoms with Crippen molar-refractivity contribution < 1.29 is 4.21 Å². The van der Waals surface area contributed by atoms with Gasteiger partial charge >= 0.3 is 0 Å². The Morgan fingerprint density at radius 2 is 2.20 bits per heavy atom. The molecule has 2 aliphatic rings. The maximum atomic E-state index is 11.2. The first kappa shape index (κ1) is 11.3. The summed E-state index contributed by atoms with van der Waals surface area (Å²) in [7, 11) is -0.520. The van der Waals surface area contributed by atoms with Gasteiger partial charge in [0.1, 0.15) is 0 Å². The topological polar surface area (TPSA) is 29.1 Å². The fraction of sp³-hybridized carbons (Fsp3) is 0.833. The Kier molecular flexibility index (Phi) is 4.39. The maximum Gasteiger partial charge on any atom is 0.0249 e. The molecule has 2 rings (SSSR count). The Balaban J connectivity index is 1.59. The highest BCUT2D eigenvalue weighted by molar-refractivity contribution is 7.85. The molecule has 0 radical (unpaired) electrons. The predicted octanol–water partition coefficient (Wildman–Crippen LogP) is 1.99. The van der Waals surface area contributed by atoms with Crippen molar-refractivity contribution in [1.82, 2.24) is 5.32 Å². The van der Waals surface area contributed by atoms with Crippen molar-refractivity contribution in [2.45, 2.75) is 44.6 Å². The Morgan fingerprint density at radius 3 is 2.87 bits per heavy atom. The molecule has 1 aliphatic carbocycles. The molecule has 3 heteroatoms. The molecule has 0 aromatic rings. The van der Waals surface area contributed by atoms with E-state index in [0.717, 1.165) is 30.9 Å². The molecule has 86 valence electrons. The summed E-state index contributed by atoms with van der Waals surface area (Å²) in [5.74, 6) is 1.81. The molecule has 1 N–H and O–H groups in total. The van der Waals surface area contributed by atoms with Crippen LogP contribution < -0.4 is 5.32 Å². The summed E-state index contributed by atoms with van der Waals surface area (Å²) < 4.78 is 11.2.